The third kappa shape index (κ3) is 4.18. The Morgan fingerprint density at radius 3 is 2.85 bits per heavy atom. The highest BCUT2D eigenvalue weighted by molar-refractivity contribution is 5.82. The first kappa shape index (κ1) is 15.3. The number of rotatable bonds is 0. The fraction of sp³-hybridized carbons (Fsp3) is 0.688. The number of hydrogen-bond acceptors (Lipinski definition) is 4. The highest BCUT2D eigenvalue weighted by Gasteiger charge is 2.35. The molecule has 2 N–H and O–H groups in total. The third-order valence-electron chi connectivity index (χ3n) is 4.19. The van der Waals surface area contributed by atoms with Gasteiger partial charge in [0.25, 0.3) is 0 Å². The van der Waals surface area contributed by atoms with E-state index >= 15 is 0 Å². The Hall–Kier alpha value is -1.13. The van der Waals surface area contributed by atoms with Crippen LogP contribution in [-0.2, 0) is 9.53 Å². The van der Waals surface area contributed by atoms with Gasteiger partial charge in [-0.3, -0.25) is 0 Å². The smallest absolute Gasteiger partial charge is 0.330 e. The number of carbonyl (C=O) groups is 1. The van der Waals surface area contributed by atoms with Crippen LogP contribution in [0, 0.1) is 11.8 Å². The topological polar surface area (TPSA) is 66.8 Å². The molecule has 0 aromatic heterocycles. The molecule has 1 aliphatic carbocycles. The van der Waals surface area contributed by atoms with Gasteiger partial charge in [-0.15, -0.1) is 0 Å². The number of allylic oxidation sites excluding steroid dienone is 2. The number of esters is 1. The predicted octanol–water partition coefficient (Wildman–Crippen LogP) is 1.96. The van der Waals surface area contributed by atoms with Crippen molar-refractivity contribution in [3.8, 4) is 0 Å². The minimum absolute atomic E-state index is 0.0246. The second kappa shape index (κ2) is 7.04. The SMILES string of the molecule is C[C@H]1CCC/C=C\[C@@H]2C[C@H](O)C[C@H]2[C@H](O)/C=C/C(=O)O1. The molecule has 0 bridgehead atoms. The summed E-state index contributed by atoms with van der Waals surface area (Å²) >= 11 is 0. The maximum atomic E-state index is 11.6. The van der Waals surface area contributed by atoms with Crippen molar-refractivity contribution in [3.63, 3.8) is 0 Å². The molecule has 2 rings (SSSR count). The molecule has 1 fully saturated rings. The number of cyclic esters (lactones) is 1. The summed E-state index contributed by atoms with van der Waals surface area (Å²) in [5.74, 6) is -0.249. The normalized spacial score (nSPS) is 42.5. The zero-order chi connectivity index (χ0) is 14.5. The molecule has 1 heterocycles. The van der Waals surface area contributed by atoms with E-state index in [0.29, 0.717) is 12.8 Å². The molecule has 0 spiro atoms. The Bertz CT molecular complexity index is 388. The molecule has 4 nitrogen and oxygen atoms in total. The summed E-state index contributed by atoms with van der Waals surface area (Å²) in [6.07, 6.45) is 9.87. The zero-order valence-electron chi connectivity index (χ0n) is 11.9. The molecule has 20 heavy (non-hydrogen) atoms. The van der Waals surface area contributed by atoms with Gasteiger partial charge < -0.3 is 14.9 Å². The van der Waals surface area contributed by atoms with Crippen LogP contribution in [-0.4, -0.2) is 34.5 Å². The van der Waals surface area contributed by atoms with Crippen molar-refractivity contribution in [2.24, 2.45) is 11.8 Å². The lowest BCUT2D eigenvalue weighted by Crippen LogP contribution is -2.21. The summed E-state index contributed by atoms with van der Waals surface area (Å²) in [4.78, 5) is 11.6. The highest BCUT2D eigenvalue weighted by Crippen LogP contribution is 2.36. The number of aliphatic hydroxyl groups excluding tert-OH is 2. The monoisotopic (exact) mass is 280 g/mol. The molecule has 112 valence electrons. The van der Waals surface area contributed by atoms with Crippen molar-refractivity contribution < 1.29 is 19.7 Å². The number of ether oxygens (including phenoxy) is 1. The summed E-state index contributed by atoms with van der Waals surface area (Å²) in [7, 11) is 0. The molecule has 0 unspecified atom stereocenters. The summed E-state index contributed by atoms with van der Waals surface area (Å²) in [6, 6.07) is 0. The van der Waals surface area contributed by atoms with E-state index in [1.165, 1.54) is 12.2 Å². The van der Waals surface area contributed by atoms with Crippen LogP contribution in [0.1, 0.15) is 39.0 Å². The van der Waals surface area contributed by atoms with Gasteiger partial charge in [0.15, 0.2) is 0 Å². The molecule has 2 aliphatic rings. The molecular formula is C16H24O4. The Balaban J connectivity index is 2.11. The van der Waals surface area contributed by atoms with Crippen molar-refractivity contribution in [2.45, 2.75) is 57.3 Å². The molecule has 1 aliphatic heterocycles. The van der Waals surface area contributed by atoms with Gasteiger partial charge >= 0.3 is 5.97 Å². The quantitative estimate of drug-likeness (QED) is 0.526. The fourth-order valence-electron chi connectivity index (χ4n) is 3.10. The van der Waals surface area contributed by atoms with Gasteiger partial charge in [-0.1, -0.05) is 12.2 Å². The van der Waals surface area contributed by atoms with Gasteiger partial charge in [0.1, 0.15) is 0 Å². The minimum atomic E-state index is -0.717. The second-order valence-electron chi connectivity index (χ2n) is 5.91. The van der Waals surface area contributed by atoms with Gasteiger partial charge in [0.05, 0.1) is 18.3 Å². The van der Waals surface area contributed by atoms with Crippen molar-refractivity contribution in [1.29, 1.82) is 0 Å². The highest BCUT2D eigenvalue weighted by atomic mass is 16.5. The van der Waals surface area contributed by atoms with Crippen LogP contribution in [0.2, 0.25) is 0 Å². The number of carbonyl (C=O) groups excluding carboxylic acids is 1. The Labute approximate surface area is 120 Å². The molecule has 5 atom stereocenters. The standard InChI is InChI=1S/C16H24O4/c1-11-5-3-2-4-6-12-9-13(17)10-14(12)15(18)7-8-16(19)20-11/h4,6-8,11-15,17-18H,2-3,5,9-10H2,1H3/b6-4-,8-7+/t11-,12+,13-,14+,15+/m0/s1. The molecule has 4 heteroatoms. The lowest BCUT2D eigenvalue weighted by Gasteiger charge is -2.19. The Kier molecular flexibility index (Phi) is 5.38. The number of aliphatic hydroxyl groups is 2. The van der Waals surface area contributed by atoms with Crippen molar-refractivity contribution in [2.75, 3.05) is 0 Å². The average Bonchev–Trinajstić information content (AvgIpc) is 2.76. The third-order valence-corrected chi connectivity index (χ3v) is 4.19. The van der Waals surface area contributed by atoms with E-state index in [9.17, 15) is 15.0 Å². The molecule has 1 saturated carbocycles. The predicted molar refractivity (Wildman–Crippen MR) is 75.9 cm³/mol. The summed E-state index contributed by atoms with van der Waals surface area (Å²) in [5, 5.41) is 20.0. The largest absolute Gasteiger partial charge is 0.460 e. The fourth-order valence-corrected chi connectivity index (χ4v) is 3.10. The molecule has 0 aromatic rings. The number of fused-ring (bicyclic) bond motifs is 1. The van der Waals surface area contributed by atoms with Crippen LogP contribution < -0.4 is 0 Å². The van der Waals surface area contributed by atoms with Gasteiger partial charge in [-0.25, -0.2) is 4.79 Å². The first-order valence-corrected chi connectivity index (χ1v) is 7.48. The zero-order valence-corrected chi connectivity index (χ0v) is 11.9. The van der Waals surface area contributed by atoms with E-state index < -0.39 is 12.1 Å². The van der Waals surface area contributed by atoms with E-state index in [4.69, 9.17) is 4.74 Å². The Morgan fingerprint density at radius 2 is 2.05 bits per heavy atom. The molecule has 0 saturated heterocycles. The van der Waals surface area contributed by atoms with Crippen molar-refractivity contribution in [1.82, 2.24) is 0 Å². The first-order chi connectivity index (χ1) is 9.56. The second-order valence-corrected chi connectivity index (χ2v) is 5.91. The molecule has 0 amide bonds. The van der Waals surface area contributed by atoms with Gasteiger partial charge in [-0.05, 0) is 56.9 Å². The van der Waals surface area contributed by atoms with E-state index in [1.807, 2.05) is 6.92 Å². The van der Waals surface area contributed by atoms with E-state index in [-0.39, 0.29) is 24.0 Å². The van der Waals surface area contributed by atoms with E-state index in [2.05, 4.69) is 12.2 Å². The van der Waals surface area contributed by atoms with Gasteiger partial charge in [-0.2, -0.15) is 0 Å². The first-order valence-electron chi connectivity index (χ1n) is 7.48. The average molecular weight is 280 g/mol. The summed E-state index contributed by atoms with van der Waals surface area (Å²) < 4.78 is 5.23. The maximum absolute atomic E-state index is 11.6. The van der Waals surface area contributed by atoms with Crippen LogP contribution in [0.5, 0.6) is 0 Å². The van der Waals surface area contributed by atoms with Gasteiger partial charge in [0, 0.05) is 6.08 Å². The van der Waals surface area contributed by atoms with Gasteiger partial charge in [0.2, 0.25) is 0 Å². The van der Waals surface area contributed by atoms with Crippen LogP contribution in [0.3, 0.4) is 0 Å². The molecule has 0 radical (unpaired) electrons. The number of hydrogen-bond donors (Lipinski definition) is 2. The molecular weight excluding hydrogens is 256 g/mol. The van der Waals surface area contributed by atoms with Crippen molar-refractivity contribution in [3.05, 3.63) is 24.3 Å². The van der Waals surface area contributed by atoms with Crippen LogP contribution in [0.4, 0.5) is 0 Å². The van der Waals surface area contributed by atoms with E-state index in [0.717, 1.165) is 19.3 Å². The maximum Gasteiger partial charge on any atom is 0.330 e. The minimum Gasteiger partial charge on any atom is -0.460 e. The van der Waals surface area contributed by atoms with Crippen molar-refractivity contribution >= 4 is 5.97 Å². The lowest BCUT2D eigenvalue weighted by molar-refractivity contribution is -0.142. The Morgan fingerprint density at radius 1 is 1.25 bits per heavy atom. The van der Waals surface area contributed by atoms with E-state index in [1.54, 1.807) is 0 Å². The van der Waals surface area contributed by atoms with Crippen LogP contribution in [0.25, 0.3) is 0 Å². The van der Waals surface area contributed by atoms with Crippen LogP contribution >= 0.6 is 0 Å². The lowest BCUT2D eigenvalue weighted by atomic mass is 9.90. The molecule has 0 aromatic carbocycles. The summed E-state index contributed by atoms with van der Waals surface area (Å²) in [6.45, 7) is 1.89. The van der Waals surface area contributed by atoms with Crippen LogP contribution in [0.15, 0.2) is 24.3 Å². The summed E-state index contributed by atoms with van der Waals surface area (Å²) in [5.41, 5.74) is 0.